The molecule has 4 rings (SSSR count). The molecule has 4 heterocycles. The van der Waals surface area contributed by atoms with E-state index in [4.69, 9.17) is 4.98 Å². The number of nitrogens with zero attached hydrogens (tertiary/aromatic N) is 4. The number of H-pyrrole nitrogens is 1. The summed E-state index contributed by atoms with van der Waals surface area (Å²) < 4.78 is 1.50. The summed E-state index contributed by atoms with van der Waals surface area (Å²) in [7, 11) is 0. The molecule has 0 radical (unpaired) electrons. The van der Waals surface area contributed by atoms with Crippen molar-refractivity contribution in [2.24, 2.45) is 5.92 Å². The van der Waals surface area contributed by atoms with E-state index < -0.39 is 0 Å². The maximum Gasteiger partial charge on any atom is 0.277 e. The summed E-state index contributed by atoms with van der Waals surface area (Å²) in [5, 5.41) is 3.24. The van der Waals surface area contributed by atoms with Gasteiger partial charge in [0.2, 0.25) is 11.8 Å². The number of carbonyl (C=O) groups excluding carboxylic acids is 2. The number of nitrogens with one attached hydrogen (secondary N) is 1. The average molecular weight is 414 g/mol. The molecule has 0 saturated carbocycles. The van der Waals surface area contributed by atoms with Gasteiger partial charge in [-0.1, -0.05) is 20.8 Å². The summed E-state index contributed by atoms with van der Waals surface area (Å²) >= 11 is 0. The normalized spacial score (nSPS) is 20.3. The lowest BCUT2D eigenvalue weighted by molar-refractivity contribution is -0.136. The molecule has 162 valence electrons. The Bertz CT molecular complexity index is 1020. The minimum atomic E-state index is -0.127. The van der Waals surface area contributed by atoms with Gasteiger partial charge in [0, 0.05) is 56.1 Å². The van der Waals surface area contributed by atoms with Gasteiger partial charge in [-0.05, 0) is 19.3 Å². The molecule has 2 aromatic heterocycles. The maximum atomic E-state index is 13.1. The summed E-state index contributed by atoms with van der Waals surface area (Å²) in [5.74, 6) is 0.481. The van der Waals surface area contributed by atoms with Crippen LogP contribution in [0.1, 0.15) is 69.3 Å². The van der Waals surface area contributed by atoms with Crippen LogP contribution < -0.4 is 5.56 Å². The summed E-state index contributed by atoms with van der Waals surface area (Å²) in [4.78, 5) is 46.2. The first kappa shape index (κ1) is 20.6. The second-order valence-electron chi connectivity index (χ2n) is 8.60. The first-order valence-corrected chi connectivity index (χ1v) is 11.1. The topological polar surface area (TPSA) is 90.8 Å². The van der Waals surface area contributed by atoms with Crippen molar-refractivity contribution in [2.75, 3.05) is 19.6 Å². The van der Waals surface area contributed by atoms with E-state index >= 15 is 0 Å². The second-order valence-corrected chi connectivity index (χ2v) is 8.60. The highest BCUT2D eigenvalue weighted by Crippen LogP contribution is 2.28. The third kappa shape index (κ3) is 3.63. The van der Waals surface area contributed by atoms with E-state index in [1.807, 2.05) is 31.7 Å². The van der Waals surface area contributed by atoms with Crippen LogP contribution in [0.15, 0.2) is 10.9 Å². The third-order valence-corrected chi connectivity index (χ3v) is 6.64. The number of fused-ring (bicyclic) bond motifs is 2. The highest BCUT2D eigenvalue weighted by molar-refractivity contribution is 5.78. The Morgan fingerprint density at radius 3 is 2.80 bits per heavy atom. The Morgan fingerprint density at radius 1 is 1.27 bits per heavy atom. The summed E-state index contributed by atoms with van der Waals surface area (Å²) in [6.07, 6.45) is 3.81. The minimum Gasteiger partial charge on any atom is -0.342 e. The van der Waals surface area contributed by atoms with E-state index in [0.29, 0.717) is 43.7 Å². The van der Waals surface area contributed by atoms with E-state index in [9.17, 15) is 14.4 Å². The lowest BCUT2D eigenvalue weighted by Crippen LogP contribution is -2.41. The molecule has 8 nitrogen and oxygen atoms in total. The van der Waals surface area contributed by atoms with Crippen LogP contribution in [0.5, 0.6) is 0 Å². The quantitative estimate of drug-likeness (QED) is 0.831. The van der Waals surface area contributed by atoms with Crippen molar-refractivity contribution in [3.8, 4) is 0 Å². The fraction of sp³-hybridized carbons (Fsp3) is 0.636. The number of carbonyl (C=O) groups is 2. The fourth-order valence-corrected chi connectivity index (χ4v) is 4.56. The number of aromatic amines is 1. The van der Waals surface area contributed by atoms with Crippen LogP contribution in [0.2, 0.25) is 0 Å². The summed E-state index contributed by atoms with van der Waals surface area (Å²) in [6, 6.07) is 1.95. The molecule has 1 N–H and O–H groups in total. The van der Waals surface area contributed by atoms with Gasteiger partial charge in [0.25, 0.3) is 5.56 Å². The molecule has 2 aromatic rings. The summed E-state index contributed by atoms with van der Waals surface area (Å²) in [5.41, 5.74) is 2.84. The van der Waals surface area contributed by atoms with Crippen LogP contribution in [0, 0.1) is 5.92 Å². The Hall–Kier alpha value is -2.64. The van der Waals surface area contributed by atoms with Crippen molar-refractivity contribution in [1.82, 2.24) is 24.4 Å². The molecule has 2 aliphatic heterocycles. The Morgan fingerprint density at radius 2 is 2.07 bits per heavy atom. The van der Waals surface area contributed by atoms with Crippen molar-refractivity contribution < 1.29 is 9.59 Å². The van der Waals surface area contributed by atoms with Crippen molar-refractivity contribution in [3.05, 3.63) is 33.4 Å². The van der Waals surface area contributed by atoms with E-state index in [0.717, 1.165) is 37.2 Å². The van der Waals surface area contributed by atoms with Crippen LogP contribution in [-0.4, -0.2) is 55.8 Å². The Kier molecular flexibility index (Phi) is 5.66. The van der Waals surface area contributed by atoms with Crippen LogP contribution in [0.3, 0.4) is 0 Å². The van der Waals surface area contributed by atoms with E-state index in [-0.39, 0.29) is 29.2 Å². The van der Waals surface area contributed by atoms with Crippen LogP contribution in [-0.2, 0) is 22.6 Å². The maximum absolute atomic E-state index is 13.1. The van der Waals surface area contributed by atoms with E-state index in [1.54, 1.807) is 4.90 Å². The molecule has 1 saturated heterocycles. The molecule has 2 unspecified atom stereocenters. The van der Waals surface area contributed by atoms with Crippen LogP contribution >= 0.6 is 0 Å². The predicted molar refractivity (Wildman–Crippen MR) is 113 cm³/mol. The Balaban J connectivity index is 1.61. The van der Waals surface area contributed by atoms with Crippen LogP contribution in [0.4, 0.5) is 0 Å². The molecule has 30 heavy (non-hydrogen) atoms. The monoisotopic (exact) mass is 413 g/mol. The Labute approximate surface area is 176 Å². The number of rotatable bonds is 4. The molecule has 0 bridgehead atoms. The number of hydrogen-bond acceptors (Lipinski definition) is 4. The molecule has 8 heteroatoms. The SMILES string of the molecule is CCC(=O)N1CCc2nc3cc(C4CCCN(C(=O)C(C)CC)C4)[nH]n3c(=O)c2C1. The number of amides is 2. The number of aromatic nitrogens is 3. The van der Waals surface area contributed by atoms with Crippen molar-refractivity contribution in [2.45, 2.75) is 65.3 Å². The molecular weight excluding hydrogens is 382 g/mol. The third-order valence-electron chi connectivity index (χ3n) is 6.64. The lowest BCUT2D eigenvalue weighted by Gasteiger charge is -2.33. The zero-order chi connectivity index (χ0) is 21.4. The first-order chi connectivity index (χ1) is 14.4. The molecule has 0 aliphatic carbocycles. The van der Waals surface area contributed by atoms with Gasteiger partial charge in [0.1, 0.15) is 0 Å². The molecule has 0 aromatic carbocycles. The van der Waals surface area contributed by atoms with Gasteiger partial charge in [-0.2, -0.15) is 0 Å². The van der Waals surface area contributed by atoms with E-state index in [1.165, 1.54) is 4.52 Å². The van der Waals surface area contributed by atoms with E-state index in [2.05, 4.69) is 5.10 Å². The van der Waals surface area contributed by atoms with Crippen molar-refractivity contribution in [3.63, 3.8) is 0 Å². The van der Waals surface area contributed by atoms with Crippen molar-refractivity contribution in [1.29, 1.82) is 0 Å². The van der Waals surface area contributed by atoms with Gasteiger partial charge < -0.3 is 9.80 Å². The first-order valence-electron chi connectivity index (χ1n) is 11.1. The largest absolute Gasteiger partial charge is 0.342 e. The number of hydrogen-bond donors (Lipinski definition) is 1. The van der Waals surface area contributed by atoms with Gasteiger partial charge in [0.05, 0.1) is 17.8 Å². The zero-order valence-corrected chi connectivity index (χ0v) is 18.1. The standard InChI is InChI=1S/C22H31N5O3/c1-4-14(3)21(29)26-9-6-7-15(12-26)18-11-19-23-17-8-10-25(20(28)5-2)13-16(17)22(30)27(19)24-18/h11,14-15,24H,4-10,12-13H2,1-3H3. The second kappa shape index (κ2) is 8.24. The highest BCUT2D eigenvalue weighted by atomic mass is 16.2. The minimum absolute atomic E-state index is 0.0382. The van der Waals surface area contributed by atoms with Gasteiger partial charge in [-0.15, -0.1) is 0 Å². The highest BCUT2D eigenvalue weighted by Gasteiger charge is 2.29. The zero-order valence-electron chi connectivity index (χ0n) is 18.1. The van der Waals surface area contributed by atoms with Gasteiger partial charge >= 0.3 is 0 Å². The van der Waals surface area contributed by atoms with Crippen LogP contribution in [0.25, 0.3) is 5.65 Å². The fourth-order valence-electron chi connectivity index (χ4n) is 4.56. The molecule has 2 amide bonds. The molecule has 0 spiro atoms. The number of likely N-dealkylation sites (tertiary alicyclic amines) is 1. The van der Waals surface area contributed by atoms with Gasteiger partial charge in [-0.3, -0.25) is 19.5 Å². The lowest BCUT2D eigenvalue weighted by atomic mass is 9.93. The van der Waals surface area contributed by atoms with Gasteiger partial charge in [-0.25, -0.2) is 9.50 Å². The summed E-state index contributed by atoms with van der Waals surface area (Å²) in [6.45, 7) is 8.26. The predicted octanol–water partition coefficient (Wildman–Crippen LogP) is 2.07. The molecular formula is C22H31N5O3. The number of piperidine rings is 1. The smallest absolute Gasteiger partial charge is 0.277 e. The van der Waals surface area contributed by atoms with Crippen molar-refractivity contribution >= 4 is 17.5 Å². The average Bonchev–Trinajstić information content (AvgIpc) is 3.22. The molecule has 1 fully saturated rings. The molecule has 2 aliphatic rings. The molecule has 2 atom stereocenters. The van der Waals surface area contributed by atoms with Gasteiger partial charge in [0.15, 0.2) is 5.65 Å².